The van der Waals surface area contributed by atoms with Crippen LogP contribution >= 0.6 is 0 Å². The van der Waals surface area contributed by atoms with Gasteiger partial charge in [-0.3, -0.25) is 14.9 Å². The zero-order valence-corrected chi connectivity index (χ0v) is 18.9. The number of fused-ring (bicyclic) bond motifs is 1. The van der Waals surface area contributed by atoms with Gasteiger partial charge in [-0.1, -0.05) is 24.3 Å². The fraction of sp³-hybridized carbons (Fsp3) is 0.0741. The molecule has 3 aromatic carbocycles. The third kappa shape index (κ3) is 4.91. The van der Waals surface area contributed by atoms with E-state index in [1.54, 1.807) is 36.5 Å². The molecule has 0 aliphatic heterocycles. The Morgan fingerprint density at radius 1 is 1.03 bits per heavy atom. The molecule has 0 radical (unpaired) electrons. The number of phenols is 1. The van der Waals surface area contributed by atoms with Gasteiger partial charge < -0.3 is 20.5 Å². The smallest absolute Gasteiger partial charge is 0.276 e. The average Bonchev–Trinajstić information content (AvgIpc) is 3.40. The van der Waals surface area contributed by atoms with Crippen molar-refractivity contribution in [3.05, 3.63) is 101 Å². The molecule has 2 heterocycles. The summed E-state index contributed by atoms with van der Waals surface area (Å²) in [6.07, 6.45) is 2.22. The Hall–Kier alpha value is -4.85. The maximum absolute atomic E-state index is 12.4. The van der Waals surface area contributed by atoms with Crippen LogP contribution in [0, 0.1) is 6.92 Å². The van der Waals surface area contributed by atoms with Crippen LogP contribution in [0.1, 0.15) is 32.9 Å². The van der Waals surface area contributed by atoms with Crippen LogP contribution in [0.5, 0.6) is 11.6 Å². The van der Waals surface area contributed by atoms with Crippen LogP contribution in [-0.2, 0) is 6.42 Å². The summed E-state index contributed by atoms with van der Waals surface area (Å²) in [6, 6.07) is 21.9. The second kappa shape index (κ2) is 9.18. The molecule has 0 unspecified atom stereocenters. The minimum Gasteiger partial charge on any atom is -0.508 e. The Morgan fingerprint density at radius 3 is 2.66 bits per heavy atom. The maximum Gasteiger partial charge on any atom is 0.276 e. The summed E-state index contributed by atoms with van der Waals surface area (Å²) in [5.74, 6) is -0.117. The molecule has 5 N–H and O–H groups in total. The van der Waals surface area contributed by atoms with Gasteiger partial charge in [-0.25, -0.2) is 0 Å². The number of aromatic hydroxyl groups is 2. The number of aliphatic imine (C=N–C) groups is 1. The molecule has 0 aliphatic rings. The van der Waals surface area contributed by atoms with E-state index in [1.807, 2.05) is 49.4 Å². The number of benzene rings is 3. The van der Waals surface area contributed by atoms with Crippen molar-refractivity contribution in [2.24, 2.45) is 4.99 Å². The number of carbonyl (C=O) groups excluding carboxylic acids is 1. The van der Waals surface area contributed by atoms with Crippen molar-refractivity contribution < 1.29 is 15.0 Å². The molecule has 5 aromatic rings. The first-order chi connectivity index (χ1) is 16.9. The molecule has 0 aliphatic carbocycles. The van der Waals surface area contributed by atoms with E-state index in [-0.39, 0.29) is 17.5 Å². The predicted molar refractivity (Wildman–Crippen MR) is 136 cm³/mol. The van der Waals surface area contributed by atoms with Crippen molar-refractivity contribution in [3.63, 3.8) is 0 Å². The topological polar surface area (TPSA) is 126 Å². The third-order valence-electron chi connectivity index (χ3n) is 5.59. The highest BCUT2D eigenvalue weighted by Gasteiger charge is 2.12. The number of rotatable bonds is 6. The van der Waals surface area contributed by atoms with Crippen molar-refractivity contribution in [2.75, 3.05) is 5.32 Å². The lowest BCUT2D eigenvalue weighted by atomic mass is 10.0. The number of nitrogens with zero attached hydrogens (tertiary/aromatic N) is 2. The van der Waals surface area contributed by atoms with Crippen LogP contribution in [0.3, 0.4) is 0 Å². The molecule has 8 heteroatoms. The van der Waals surface area contributed by atoms with Crippen LogP contribution in [-0.4, -0.2) is 37.5 Å². The van der Waals surface area contributed by atoms with Crippen LogP contribution in [0.4, 0.5) is 11.4 Å². The molecular formula is C27H23N5O3. The van der Waals surface area contributed by atoms with Gasteiger partial charge in [0, 0.05) is 34.6 Å². The normalized spacial score (nSPS) is 11.3. The molecular weight excluding hydrogens is 442 g/mol. The number of nitrogens with one attached hydrogen (secondary N) is 3. The van der Waals surface area contributed by atoms with Crippen molar-refractivity contribution in [3.8, 4) is 11.6 Å². The van der Waals surface area contributed by atoms with Crippen molar-refractivity contribution in [2.45, 2.75) is 13.3 Å². The van der Waals surface area contributed by atoms with Crippen LogP contribution in [0.25, 0.3) is 10.9 Å². The summed E-state index contributed by atoms with van der Waals surface area (Å²) in [5, 5.41) is 30.5. The summed E-state index contributed by atoms with van der Waals surface area (Å²) in [4.78, 5) is 19.8. The summed E-state index contributed by atoms with van der Waals surface area (Å²) in [5.41, 5.74) is 5.85. The number of H-pyrrole nitrogens is 2. The molecule has 35 heavy (non-hydrogen) atoms. The number of phenolic OH excluding ortho intramolecular Hbond substituents is 1. The standard InChI is InChI=1S/C27H23N5O3/c1-16-10-25(32-31-16)27(35)29-20-6-2-4-17(12-20)11-18-8-9-24-22(13-18)23(26(34)30-24)15-28-19-5-3-7-21(33)14-19/h2-10,12-15,30,33-34H,11H2,1H3,(H,29,35)(H,31,32). The molecule has 2 aromatic heterocycles. The number of aromatic amines is 2. The highest BCUT2D eigenvalue weighted by Crippen LogP contribution is 2.29. The summed E-state index contributed by atoms with van der Waals surface area (Å²) >= 11 is 0. The van der Waals surface area contributed by atoms with Gasteiger partial charge in [0.1, 0.15) is 5.75 Å². The van der Waals surface area contributed by atoms with Crippen LogP contribution in [0.2, 0.25) is 0 Å². The molecule has 5 rings (SSSR count). The fourth-order valence-corrected chi connectivity index (χ4v) is 3.92. The monoisotopic (exact) mass is 465 g/mol. The zero-order valence-electron chi connectivity index (χ0n) is 18.9. The Balaban J connectivity index is 1.37. The molecule has 0 atom stereocenters. The van der Waals surface area contributed by atoms with E-state index in [9.17, 15) is 15.0 Å². The van der Waals surface area contributed by atoms with Gasteiger partial charge >= 0.3 is 0 Å². The Labute approximate surface area is 201 Å². The number of amides is 1. The second-order valence-electron chi connectivity index (χ2n) is 8.31. The number of hydrogen-bond donors (Lipinski definition) is 5. The van der Waals surface area contributed by atoms with E-state index in [2.05, 4.69) is 25.5 Å². The maximum atomic E-state index is 12.4. The van der Waals surface area contributed by atoms with Gasteiger partial charge in [0.2, 0.25) is 0 Å². The molecule has 0 bridgehead atoms. The number of anilines is 1. The number of aryl methyl sites for hydroxylation is 1. The van der Waals surface area contributed by atoms with Gasteiger partial charge in [-0.05, 0) is 66.9 Å². The van der Waals surface area contributed by atoms with Crippen LogP contribution < -0.4 is 5.32 Å². The van der Waals surface area contributed by atoms with Crippen molar-refractivity contribution in [1.82, 2.24) is 15.2 Å². The molecule has 8 nitrogen and oxygen atoms in total. The second-order valence-corrected chi connectivity index (χ2v) is 8.31. The van der Waals surface area contributed by atoms with E-state index in [1.165, 1.54) is 0 Å². The Kier molecular flexibility index (Phi) is 5.76. The third-order valence-corrected chi connectivity index (χ3v) is 5.59. The minimum absolute atomic E-state index is 0.0272. The summed E-state index contributed by atoms with van der Waals surface area (Å²) in [7, 11) is 0. The molecule has 0 fully saturated rings. The summed E-state index contributed by atoms with van der Waals surface area (Å²) in [6.45, 7) is 1.84. The van der Waals surface area contributed by atoms with E-state index in [0.717, 1.165) is 27.7 Å². The van der Waals surface area contributed by atoms with Gasteiger partial charge in [0.05, 0.1) is 11.3 Å². The van der Waals surface area contributed by atoms with Crippen molar-refractivity contribution in [1.29, 1.82) is 0 Å². The summed E-state index contributed by atoms with van der Waals surface area (Å²) < 4.78 is 0. The first-order valence-electron chi connectivity index (χ1n) is 11.0. The van der Waals surface area contributed by atoms with E-state index in [0.29, 0.717) is 29.1 Å². The fourth-order valence-electron chi connectivity index (χ4n) is 3.92. The molecule has 0 saturated heterocycles. The minimum atomic E-state index is -0.272. The predicted octanol–water partition coefficient (Wildman–Crippen LogP) is 5.20. The lowest BCUT2D eigenvalue weighted by molar-refractivity contribution is 0.102. The number of hydrogen-bond acceptors (Lipinski definition) is 5. The first kappa shape index (κ1) is 22.0. The molecule has 1 amide bonds. The van der Waals surface area contributed by atoms with Gasteiger partial charge in [0.25, 0.3) is 5.91 Å². The molecule has 0 spiro atoms. The van der Waals surface area contributed by atoms with E-state index < -0.39 is 0 Å². The Morgan fingerprint density at radius 2 is 1.86 bits per heavy atom. The van der Waals surface area contributed by atoms with Gasteiger partial charge in [-0.2, -0.15) is 5.10 Å². The number of aromatic nitrogens is 3. The average molecular weight is 466 g/mol. The van der Waals surface area contributed by atoms with Gasteiger partial charge in [0.15, 0.2) is 11.6 Å². The van der Waals surface area contributed by atoms with Gasteiger partial charge in [-0.15, -0.1) is 0 Å². The lowest BCUT2D eigenvalue weighted by Crippen LogP contribution is -2.12. The van der Waals surface area contributed by atoms with E-state index in [4.69, 9.17) is 0 Å². The largest absolute Gasteiger partial charge is 0.508 e. The molecule has 174 valence electrons. The van der Waals surface area contributed by atoms with Crippen LogP contribution in [0.15, 0.2) is 77.8 Å². The first-order valence-corrected chi connectivity index (χ1v) is 11.0. The highest BCUT2D eigenvalue weighted by molar-refractivity contribution is 6.03. The lowest BCUT2D eigenvalue weighted by Gasteiger charge is -2.07. The molecule has 0 saturated carbocycles. The Bertz CT molecular complexity index is 1560. The number of carbonyl (C=O) groups is 1. The highest BCUT2D eigenvalue weighted by atomic mass is 16.3. The SMILES string of the molecule is Cc1cc(C(=O)Nc2cccc(Cc3ccc4[nH]c(O)c(C=Nc5cccc(O)c5)c4c3)c2)n[nH]1. The van der Waals surface area contributed by atoms with E-state index >= 15 is 0 Å². The quantitative estimate of drug-likeness (QED) is 0.221. The zero-order chi connectivity index (χ0) is 24.4. The van der Waals surface area contributed by atoms with Crippen molar-refractivity contribution >= 4 is 34.4 Å².